The Hall–Kier alpha value is -2.12. The Morgan fingerprint density at radius 1 is 1.24 bits per heavy atom. The molecule has 17 heavy (non-hydrogen) atoms. The summed E-state index contributed by atoms with van der Waals surface area (Å²) in [6, 6.07) is 3.79. The number of nitrogen functional groups attached to an aromatic ring is 1. The minimum Gasteiger partial charge on any atom is -0.383 e. The van der Waals surface area contributed by atoms with E-state index < -0.39 is 0 Å². The SMILES string of the molecule is Cc1cccnc1C#Cc1c(N)ncnc1Cl. The number of aryl methyl sites for hydroxylation is 1. The number of aromatic nitrogens is 3. The highest BCUT2D eigenvalue weighted by Crippen LogP contribution is 2.15. The molecule has 0 aliphatic rings. The molecule has 2 heterocycles. The second-order valence-electron chi connectivity index (χ2n) is 3.34. The molecule has 0 radical (unpaired) electrons. The summed E-state index contributed by atoms with van der Waals surface area (Å²) in [5, 5.41) is 0.249. The second-order valence-corrected chi connectivity index (χ2v) is 3.70. The molecule has 4 nitrogen and oxygen atoms in total. The number of pyridine rings is 1. The fourth-order valence-electron chi connectivity index (χ4n) is 1.23. The molecule has 0 atom stereocenters. The molecule has 0 aliphatic heterocycles. The first kappa shape index (κ1) is 11.4. The lowest BCUT2D eigenvalue weighted by molar-refractivity contribution is 1.16. The number of hydrogen-bond donors (Lipinski definition) is 1. The molecule has 0 bridgehead atoms. The molecular weight excluding hydrogens is 236 g/mol. The molecule has 0 aromatic carbocycles. The minimum atomic E-state index is 0.249. The first-order valence-electron chi connectivity index (χ1n) is 4.88. The van der Waals surface area contributed by atoms with Crippen molar-refractivity contribution < 1.29 is 0 Å². The molecule has 2 aromatic heterocycles. The number of nitrogens with two attached hydrogens (primary N) is 1. The lowest BCUT2D eigenvalue weighted by Gasteiger charge is -1.98. The molecule has 0 fully saturated rings. The van der Waals surface area contributed by atoms with Gasteiger partial charge in [-0.05, 0) is 24.5 Å². The maximum atomic E-state index is 5.88. The zero-order valence-electron chi connectivity index (χ0n) is 9.11. The maximum Gasteiger partial charge on any atom is 0.150 e. The van der Waals surface area contributed by atoms with E-state index in [2.05, 4.69) is 26.8 Å². The third kappa shape index (κ3) is 2.52. The molecule has 0 amide bonds. The first-order valence-corrected chi connectivity index (χ1v) is 5.26. The highest BCUT2D eigenvalue weighted by atomic mass is 35.5. The number of halogens is 1. The van der Waals surface area contributed by atoms with Gasteiger partial charge in [0.05, 0.1) is 0 Å². The predicted octanol–water partition coefficient (Wildman–Crippen LogP) is 1.82. The van der Waals surface area contributed by atoms with Crippen molar-refractivity contribution in [3.05, 3.63) is 46.6 Å². The van der Waals surface area contributed by atoms with E-state index >= 15 is 0 Å². The average Bonchev–Trinajstić information content (AvgIpc) is 2.30. The molecule has 2 aromatic rings. The number of rotatable bonds is 0. The Kier molecular flexibility index (Phi) is 3.22. The summed E-state index contributed by atoms with van der Waals surface area (Å²) >= 11 is 5.88. The molecule has 84 valence electrons. The van der Waals surface area contributed by atoms with Crippen LogP contribution in [0.1, 0.15) is 16.8 Å². The zero-order valence-corrected chi connectivity index (χ0v) is 9.86. The Morgan fingerprint density at radius 3 is 2.76 bits per heavy atom. The Balaban J connectivity index is 2.44. The molecule has 0 saturated heterocycles. The van der Waals surface area contributed by atoms with Crippen LogP contribution in [0, 0.1) is 18.8 Å². The standard InChI is InChI=1S/C12H9ClN4/c1-8-3-2-6-15-10(8)5-4-9-11(13)16-7-17-12(9)14/h2-3,6-7H,1H3,(H2,14,16,17). The van der Waals surface area contributed by atoms with E-state index in [4.69, 9.17) is 17.3 Å². The summed E-state index contributed by atoms with van der Waals surface area (Å²) in [6.45, 7) is 1.93. The van der Waals surface area contributed by atoms with Crippen LogP contribution < -0.4 is 5.73 Å². The highest BCUT2D eigenvalue weighted by molar-refractivity contribution is 6.30. The smallest absolute Gasteiger partial charge is 0.150 e. The van der Waals surface area contributed by atoms with Gasteiger partial charge in [0.1, 0.15) is 28.6 Å². The van der Waals surface area contributed by atoms with Gasteiger partial charge in [-0.25, -0.2) is 15.0 Å². The second kappa shape index (κ2) is 4.81. The first-order chi connectivity index (χ1) is 8.18. The van der Waals surface area contributed by atoms with Gasteiger partial charge < -0.3 is 5.73 Å². The Labute approximate surface area is 104 Å². The summed E-state index contributed by atoms with van der Waals surface area (Å²) < 4.78 is 0. The molecule has 2 N–H and O–H groups in total. The maximum absolute atomic E-state index is 5.88. The van der Waals surface area contributed by atoms with Crippen LogP contribution in [0.4, 0.5) is 5.82 Å². The minimum absolute atomic E-state index is 0.249. The van der Waals surface area contributed by atoms with Gasteiger partial charge in [-0.15, -0.1) is 0 Å². The number of hydrogen-bond acceptors (Lipinski definition) is 4. The van der Waals surface area contributed by atoms with Crippen molar-refractivity contribution in [2.75, 3.05) is 5.73 Å². The lowest BCUT2D eigenvalue weighted by Crippen LogP contribution is -1.97. The van der Waals surface area contributed by atoms with Crippen LogP contribution in [0.3, 0.4) is 0 Å². The van der Waals surface area contributed by atoms with Crippen molar-refractivity contribution in [3.8, 4) is 11.8 Å². The molecule has 0 spiro atoms. The molecule has 0 unspecified atom stereocenters. The van der Waals surface area contributed by atoms with E-state index in [0.29, 0.717) is 11.3 Å². The van der Waals surface area contributed by atoms with Crippen molar-refractivity contribution in [2.45, 2.75) is 6.92 Å². The third-order valence-corrected chi connectivity index (χ3v) is 2.43. The molecular formula is C12H9ClN4. The quantitative estimate of drug-likeness (QED) is 0.567. The van der Waals surface area contributed by atoms with Crippen molar-refractivity contribution in [1.82, 2.24) is 15.0 Å². The summed E-state index contributed by atoms with van der Waals surface area (Å²) in [5.74, 6) is 6.02. The third-order valence-electron chi connectivity index (χ3n) is 2.15. The van der Waals surface area contributed by atoms with Gasteiger partial charge in [0.2, 0.25) is 0 Å². The van der Waals surface area contributed by atoms with E-state index in [1.807, 2.05) is 19.1 Å². The molecule has 5 heteroatoms. The van der Waals surface area contributed by atoms with Crippen LogP contribution in [-0.2, 0) is 0 Å². The van der Waals surface area contributed by atoms with Crippen LogP contribution in [0.2, 0.25) is 5.15 Å². The van der Waals surface area contributed by atoms with Crippen molar-refractivity contribution in [1.29, 1.82) is 0 Å². The van der Waals surface area contributed by atoms with E-state index in [9.17, 15) is 0 Å². The van der Waals surface area contributed by atoms with Crippen LogP contribution in [0.5, 0.6) is 0 Å². The van der Waals surface area contributed by atoms with Gasteiger partial charge in [-0.3, -0.25) is 0 Å². The van der Waals surface area contributed by atoms with Crippen molar-refractivity contribution in [2.24, 2.45) is 0 Å². The van der Waals surface area contributed by atoms with Gasteiger partial charge in [0.25, 0.3) is 0 Å². The van der Waals surface area contributed by atoms with E-state index in [-0.39, 0.29) is 11.0 Å². The summed E-state index contributed by atoms with van der Waals surface area (Å²) in [4.78, 5) is 11.8. The highest BCUT2D eigenvalue weighted by Gasteiger charge is 2.03. The lowest BCUT2D eigenvalue weighted by atomic mass is 10.2. The average molecular weight is 245 g/mol. The van der Waals surface area contributed by atoms with E-state index in [0.717, 1.165) is 5.56 Å². The summed E-state index contributed by atoms with van der Waals surface area (Å²) in [7, 11) is 0. The Bertz CT molecular complexity index is 593. The molecule has 0 saturated carbocycles. The molecule has 0 aliphatic carbocycles. The monoisotopic (exact) mass is 244 g/mol. The summed E-state index contributed by atoms with van der Waals surface area (Å²) in [5.41, 5.74) is 7.77. The van der Waals surface area contributed by atoms with Crippen LogP contribution in [0.15, 0.2) is 24.7 Å². The van der Waals surface area contributed by atoms with E-state index in [1.54, 1.807) is 6.20 Å². The van der Waals surface area contributed by atoms with Crippen LogP contribution in [0.25, 0.3) is 0 Å². The predicted molar refractivity (Wildman–Crippen MR) is 66.4 cm³/mol. The van der Waals surface area contributed by atoms with Crippen LogP contribution >= 0.6 is 11.6 Å². The zero-order chi connectivity index (χ0) is 12.3. The number of anilines is 1. The van der Waals surface area contributed by atoms with Gasteiger partial charge in [0, 0.05) is 6.20 Å². The van der Waals surface area contributed by atoms with Gasteiger partial charge in [0.15, 0.2) is 0 Å². The fourth-order valence-corrected chi connectivity index (χ4v) is 1.42. The van der Waals surface area contributed by atoms with E-state index in [1.165, 1.54) is 6.33 Å². The largest absolute Gasteiger partial charge is 0.383 e. The van der Waals surface area contributed by atoms with Gasteiger partial charge >= 0.3 is 0 Å². The fraction of sp³-hybridized carbons (Fsp3) is 0.0833. The normalized spacial score (nSPS) is 9.53. The van der Waals surface area contributed by atoms with Crippen molar-refractivity contribution >= 4 is 17.4 Å². The van der Waals surface area contributed by atoms with Crippen LogP contribution in [-0.4, -0.2) is 15.0 Å². The topological polar surface area (TPSA) is 64.7 Å². The number of nitrogens with zero attached hydrogens (tertiary/aromatic N) is 3. The van der Waals surface area contributed by atoms with Gasteiger partial charge in [-0.2, -0.15) is 0 Å². The Morgan fingerprint density at radius 2 is 2.06 bits per heavy atom. The molecule has 2 rings (SSSR count). The van der Waals surface area contributed by atoms with Crippen molar-refractivity contribution in [3.63, 3.8) is 0 Å². The summed E-state index contributed by atoms with van der Waals surface area (Å²) in [6.07, 6.45) is 2.98. The van der Waals surface area contributed by atoms with Gasteiger partial charge in [-0.1, -0.05) is 23.6 Å².